The molecule has 0 aromatic heterocycles. The van der Waals surface area contributed by atoms with Crippen molar-refractivity contribution in [2.75, 3.05) is 26.7 Å². The maximum absolute atomic E-state index is 2.48. The van der Waals surface area contributed by atoms with Crippen molar-refractivity contribution in [1.82, 2.24) is 0 Å². The average Bonchev–Trinajstić information content (AvgIpc) is 2.48. The summed E-state index contributed by atoms with van der Waals surface area (Å²) in [4.78, 5) is 0. The minimum atomic E-state index is 0.916. The third kappa shape index (κ3) is 4.94. The Kier molecular flexibility index (Phi) is 6.09. The van der Waals surface area contributed by atoms with Crippen LogP contribution in [0, 0.1) is 5.92 Å². The number of rotatable bonds is 7. The second-order valence-electron chi connectivity index (χ2n) is 6.98. The number of hydrogen-bond acceptors (Lipinski definition) is 0. The molecular formula is C19H32N+. The van der Waals surface area contributed by atoms with Crippen molar-refractivity contribution in [2.24, 2.45) is 5.92 Å². The lowest BCUT2D eigenvalue weighted by molar-refractivity contribution is -0.915. The van der Waals surface area contributed by atoms with Crippen LogP contribution in [0.15, 0.2) is 30.3 Å². The smallest absolute Gasteiger partial charge is 0.0787 e. The van der Waals surface area contributed by atoms with E-state index in [1.54, 1.807) is 0 Å². The van der Waals surface area contributed by atoms with Crippen LogP contribution in [0.4, 0.5) is 0 Å². The number of benzene rings is 1. The van der Waals surface area contributed by atoms with Gasteiger partial charge in [-0.15, -0.1) is 0 Å². The zero-order chi connectivity index (χ0) is 14.3. The van der Waals surface area contributed by atoms with Gasteiger partial charge in [-0.2, -0.15) is 0 Å². The minimum absolute atomic E-state index is 0.916. The first kappa shape index (κ1) is 15.6. The molecule has 1 heterocycles. The van der Waals surface area contributed by atoms with Crippen LogP contribution in [0.1, 0.15) is 51.0 Å². The van der Waals surface area contributed by atoms with Crippen LogP contribution in [-0.4, -0.2) is 31.2 Å². The summed E-state index contributed by atoms with van der Waals surface area (Å²) in [5, 5.41) is 0. The highest BCUT2D eigenvalue weighted by atomic mass is 15.3. The number of nitrogens with zero attached hydrogens (tertiary/aromatic N) is 1. The van der Waals surface area contributed by atoms with Gasteiger partial charge in [0.05, 0.1) is 26.7 Å². The van der Waals surface area contributed by atoms with Crippen molar-refractivity contribution >= 4 is 0 Å². The third-order valence-corrected chi connectivity index (χ3v) is 5.07. The van der Waals surface area contributed by atoms with E-state index in [1.807, 2.05) is 0 Å². The SMILES string of the molecule is CCCCCC[N+]1(C)CCC(Cc2ccccc2)CC1. The lowest BCUT2D eigenvalue weighted by atomic mass is 9.89. The molecule has 1 saturated heterocycles. The average molecular weight is 274 g/mol. The van der Waals surface area contributed by atoms with E-state index in [-0.39, 0.29) is 0 Å². The van der Waals surface area contributed by atoms with Crippen LogP contribution < -0.4 is 0 Å². The van der Waals surface area contributed by atoms with Crippen LogP contribution in [-0.2, 0) is 6.42 Å². The molecule has 1 fully saturated rings. The quantitative estimate of drug-likeness (QED) is 0.501. The molecule has 0 aliphatic carbocycles. The fourth-order valence-electron chi connectivity index (χ4n) is 3.54. The summed E-state index contributed by atoms with van der Waals surface area (Å²) >= 11 is 0. The predicted molar refractivity (Wildman–Crippen MR) is 87.8 cm³/mol. The van der Waals surface area contributed by atoms with Gasteiger partial charge < -0.3 is 4.48 Å². The summed E-state index contributed by atoms with van der Waals surface area (Å²) in [5.41, 5.74) is 1.52. The number of hydrogen-bond donors (Lipinski definition) is 0. The largest absolute Gasteiger partial charge is 0.326 e. The van der Waals surface area contributed by atoms with Gasteiger partial charge in [0.15, 0.2) is 0 Å². The second kappa shape index (κ2) is 7.83. The zero-order valence-electron chi connectivity index (χ0n) is 13.5. The Morgan fingerprint density at radius 1 is 1.00 bits per heavy atom. The molecule has 0 unspecified atom stereocenters. The van der Waals surface area contributed by atoms with Crippen molar-refractivity contribution in [3.8, 4) is 0 Å². The number of unbranched alkanes of at least 4 members (excludes halogenated alkanes) is 3. The molecule has 112 valence electrons. The normalized spacial score (nSPS) is 26.6. The maximum atomic E-state index is 2.48. The molecule has 0 amide bonds. The topological polar surface area (TPSA) is 0 Å². The van der Waals surface area contributed by atoms with Gasteiger partial charge in [0, 0.05) is 0 Å². The van der Waals surface area contributed by atoms with Gasteiger partial charge in [-0.3, -0.25) is 0 Å². The van der Waals surface area contributed by atoms with Gasteiger partial charge in [-0.1, -0.05) is 50.1 Å². The molecular weight excluding hydrogens is 242 g/mol. The first-order chi connectivity index (χ1) is 9.72. The van der Waals surface area contributed by atoms with Crippen LogP contribution >= 0.6 is 0 Å². The summed E-state index contributed by atoms with van der Waals surface area (Å²) in [6.45, 7) is 6.48. The molecule has 0 spiro atoms. The molecule has 0 radical (unpaired) electrons. The van der Waals surface area contributed by atoms with Gasteiger partial charge in [0.2, 0.25) is 0 Å². The summed E-state index contributed by atoms with van der Waals surface area (Å²) in [7, 11) is 2.48. The molecule has 1 aromatic rings. The van der Waals surface area contributed by atoms with Crippen LogP contribution in [0.25, 0.3) is 0 Å². The highest BCUT2D eigenvalue weighted by Crippen LogP contribution is 2.25. The van der Waals surface area contributed by atoms with E-state index in [2.05, 4.69) is 44.3 Å². The molecule has 0 N–H and O–H groups in total. The standard InChI is InChI=1S/C19H32N/c1-3-4-5-9-14-20(2)15-12-19(13-16-20)17-18-10-7-6-8-11-18/h6-8,10-11,19H,3-5,9,12-17H2,1-2H3/q+1. The summed E-state index contributed by atoms with van der Waals surface area (Å²) < 4.78 is 1.33. The summed E-state index contributed by atoms with van der Waals surface area (Å²) in [6.07, 6.45) is 9.74. The van der Waals surface area contributed by atoms with Crippen molar-refractivity contribution in [3.05, 3.63) is 35.9 Å². The monoisotopic (exact) mass is 274 g/mol. The molecule has 1 aliphatic heterocycles. The minimum Gasteiger partial charge on any atom is -0.326 e. The number of piperidine rings is 1. The second-order valence-corrected chi connectivity index (χ2v) is 6.98. The summed E-state index contributed by atoms with van der Waals surface area (Å²) in [6, 6.07) is 11.0. The Balaban J connectivity index is 1.71. The Labute approximate surface area is 125 Å². The van der Waals surface area contributed by atoms with E-state index in [1.165, 1.54) is 74.6 Å². The van der Waals surface area contributed by atoms with E-state index in [0.717, 1.165) is 5.92 Å². The molecule has 1 nitrogen and oxygen atoms in total. The number of quaternary nitrogens is 1. The highest BCUT2D eigenvalue weighted by Gasteiger charge is 2.29. The molecule has 20 heavy (non-hydrogen) atoms. The van der Waals surface area contributed by atoms with Crippen molar-refractivity contribution < 1.29 is 4.48 Å². The van der Waals surface area contributed by atoms with Gasteiger partial charge in [-0.05, 0) is 43.6 Å². The Hall–Kier alpha value is -0.820. The van der Waals surface area contributed by atoms with Gasteiger partial charge in [0.1, 0.15) is 0 Å². The molecule has 0 saturated carbocycles. The summed E-state index contributed by atoms with van der Waals surface area (Å²) in [5.74, 6) is 0.916. The van der Waals surface area contributed by atoms with Crippen LogP contribution in [0.2, 0.25) is 0 Å². The van der Waals surface area contributed by atoms with Gasteiger partial charge >= 0.3 is 0 Å². The van der Waals surface area contributed by atoms with E-state index < -0.39 is 0 Å². The third-order valence-electron chi connectivity index (χ3n) is 5.07. The lowest BCUT2D eigenvalue weighted by Gasteiger charge is -2.41. The lowest BCUT2D eigenvalue weighted by Crippen LogP contribution is -2.50. The Morgan fingerprint density at radius 3 is 2.35 bits per heavy atom. The Bertz CT molecular complexity index is 363. The zero-order valence-corrected chi connectivity index (χ0v) is 13.5. The molecule has 1 aliphatic rings. The van der Waals surface area contributed by atoms with E-state index >= 15 is 0 Å². The van der Waals surface area contributed by atoms with Gasteiger partial charge in [0.25, 0.3) is 0 Å². The first-order valence-electron chi connectivity index (χ1n) is 8.59. The van der Waals surface area contributed by atoms with E-state index in [0.29, 0.717) is 0 Å². The van der Waals surface area contributed by atoms with Gasteiger partial charge in [-0.25, -0.2) is 0 Å². The predicted octanol–water partition coefficient (Wildman–Crippen LogP) is 4.67. The fraction of sp³-hybridized carbons (Fsp3) is 0.684. The maximum Gasteiger partial charge on any atom is 0.0787 e. The molecule has 1 aromatic carbocycles. The first-order valence-corrected chi connectivity index (χ1v) is 8.59. The van der Waals surface area contributed by atoms with Crippen LogP contribution in [0.5, 0.6) is 0 Å². The van der Waals surface area contributed by atoms with Crippen molar-refractivity contribution in [2.45, 2.75) is 51.9 Å². The van der Waals surface area contributed by atoms with Crippen molar-refractivity contribution in [3.63, 3.8) is 0 Å². The molecule has 0 bridgehead atoms. The highest BCUT2D eigenvalue weighted by molar-refractivity contribution is 5.15. The molecule has 1 heteroatoms. The van der Waals surface area contributed by atoms with Crippen LogP contribution in [0.3, 0.4) is 0 Å². The van der Waals surface area contributed by atoms with E-state index in [4.69, 9.17) is 0 Å². The molecule has 2 rings (SSSR count). The van der Waals surface area contributed by atoms with E-state index in [9.17, 15) is 0 Å². The fourth-order valence-corrected chi connectivity index (χ4v) is 3.54. The number of likely N-dealkylation sites (tertiary alicyclic amines) is 1. The Morgan fingerprint density at radius 2 is 1.70 bits per heavy atom. The van der Waals surface area contributed by atoms with Crippen molar-refractivity contribution in [1.29, 1.82) is 0 Å². The molecule has 0 atom stereocenters.